The number of nitrogens with two attached hydrogens (primary N) is 1. The molecule has 22 heavy (non-hydrogen) atoms. The van der Waals surface area contributed by atoms with Crippen molar-refractivity contribution in [3.05, 3.63) is 23.0 Å². The Morgan fingerprint density at radius 3 is 2.41 bits per heavy atom. The predicted octanol–water partition coefficient (Wildman–Crippen LogP) is 3.74. The number of halogens is 1. The summed E-state index contributed by atoms with van der Waals surface area (Å²) in [5, 5.41) is 6.01. The van der Waals surface area contributed by atoms with Crippen LogP contribution in [-0.4, -0.2) is 21.0 Å². The summed E-state index contributed by atoms with van der Waals surface area (Å²) in [5.74, 6) is 0.885. The van der Waals surface area contributed by atoms with Crippen molar-refractivity contribution >= 4 is 22.6 Å². The van der Waals surface area contributed by atoms with E-state index in [1.165, 1.54) is 0 Å². The molecule has 0 aliphatic heterocycles. The normalized spacial score (nSPS) is 15.5. The lowest BCUT2D eigenvalue weighted by Gasteiger charge is -2.36. The minimum absolute atomic E-state index is 0.0590. The van der Waals surface area contributed by atoms with E-state index in [-0.39, 0.29) is 5.41 Å². The van der Waals surface area contributed by atoms with E-state index in [9.17, 15) is 4.21 Å². The fraction of sp³-hybridized carbons (Fsp3) is 0.688. The third-order valence-corrected chi connectivity index (χ3v) is 5.61. The van der Waals surface area contributed by atoms with Crippen LogP contribution in [0.3, 0.4) is 0 Å². The van der Waals surface area contributed by atoms with Crippen LogP contribution in [0.2, 0.25) is 5.15 Å². The summed E-state index contributed by atoms with van der Waals surface area (Å²) in [4.78, 5) is 4.17. The molecule has 2 N–H and O–H groups in total. The van der Waals surface area contributed by atoms with Gasteiger partial charge in [0.1, 0.15) is 0 Å². The minimum atomic E-state index is -1.36. The van der Waals surface area contributed by atoms with Crippen molar-refractivity contribution in [1.29, 1.82) is 0 Å². The molecule has 1 heterocycles. The topological polar surface area (TPSA) is 65.2 Å². The van der Waals surface area contributed by atoms with Gasteiger partial charge in [-0.1, -0.05) is 32.4 Å². The SMILES string of the molecule is COc1cc(C[C@@H](CC(C)(C)S(N)=O)C(C)(C)C)cnc1Cl. The second-order valence-electron chi connectivity index (χ2n) is 7.36. The molecule has 1 rings (SSSR count). The van der Waals surface area contributed by atoms with E-state index in [2.05, 4.69) is 25.8 Å². The third kappa shape index (κ3) is 5.21. The maximum atomic E-state index is 11.8. The molecular weight excluding hydrogens is 320 g/mol. The van der Waals surface area contributed by atoms with E-state index < -0.39 is 15.7 Å². The van der Waals surface area contributed by atoms with Gasteiger partial charge in [0.2, 0.25) is 0 Å². The quantitative estimate of drug-likeness (QED) is 0.798. The summed E-state index contributed by atoms with van der Waals surface area (Å²) in [6.07, 6.45) is 3.35. The van der Waals surface area contributed by atoms with E-state index in [1.807, 2.05) is 19.9 Å². The molecule has 0 saturated carbocycles. The Hall–Kier alpha value is -0.650. The monoisotopic (exact) mass is 346 g/mol. The molecule has 1 unspecified atom stereocenters. The van der Waals surface area contributed by atoms with Gasteiger partial charge in [-0.15, -0.1) is 0 Å². The molecule has 2 atom stereocenters. The van der Waals surface area contributed by atoms with Crippen molar-refractivity contribution in [1.82, 2.24) is 4.98 Å². The van der Waals surface area contributed by atoms with Crippen molar-refractivity contribution in [3.63, 3.8) is 0 Å². The number of hydrogen-bond donors (Lipinski definition) is 1. The highest BCUT2D eigenvalue weighted by molar-refractivity contribution is 7.84. The first-order valence-corrected chi connectivity index (χ1v) is 8.91. The second-order valence-corrected chi connectivity index (χ2v) is 9.42. The van der Waals surface area contributed by atoms with E-state index in [0.717, 1.165) is 18.4 Å². The van der Waals surface area contributed by atoms with Crippen molar-refractivity contribution in [2.45, 2.75) is 52.2 Å². The van der Waals surface area contributed by atoms with Crippen LogP contribution in [0.4, 0.5) is 0 Å². The smallest absolute Gasteiger partial charge is 0.171 e. The van der Waals surface area contributed by atoms with Gasteiger partial charge in [0.05, 0.1) is 22.8 Å². The number of methoxy groups -OCH3 is 1. The van der Waals surface area contributed by atoms with Crippen LogP contribution in [0.1, 0.15) is 46.6 Å². The highest BCUT2D eigenvalue weighted by atomic mass is 35.5. The van der Waals surface area contributed by atoms with Crippen molar-refractivity contribution in [2.75, 3.05) is 7.11 Å². The Morgan fingerprint density at radius 1 is 1.36 bits per heavy atom. The summed E-state index contributed by atoms with van der Waals surface area (Å²) in [6.45, 7) is 10.5. The van der Waals surface area contributed by atoms with Gasteiger partial charge in [-0.3, -0.25) is 5.14 Å². The van der Waals surface area contributed by atoms with Gasteiger partial charge >= 0.3 is 0 Å². The number of hydrogen-bond acceptors (Lipinski definition) is 3. The molecule has 0 radical (unpaired) electrons. The summed E-state index contributed by atoms with van der Waals surface area (Å²) >= 11 is 5.98. The molecule has 0 amide bonds. The molecule has 0 spiro atoms. The molecule has 1 aromatic rings. The summed E-state index contributed by atoms with van der Waals surface area (Å²) in [7, 11) is 0.218. The lowest BCUT2D eigenvalue weighted by molar-refractivity contribution is 0.209. The zero-order valence-corrected chi connectivity index (χ0v) is 15.8. The van der Waals surface area contributed by atoms with Gasteiger partial charge in [-0.25, -0.2) is 9.19 Å². The van der Waals surface area contributed by atoms with E-state index >= 15 is 0 Å². The van der Waals surface area contributed by atoms with E-state index in [4.69, 9.17) is 21.5 Å². The first-order chi connectivity index (χ1) is 9.97. The van der Waals surface area contributed by atoms with E-state index in [0.29, 0.717) is 16.8 Å². The van der Waals surface area contributed by atoms with Gasteiger partial charge in [-0.2, -0.15) is 0 Å². The Kier molecular flexibility index (Phi) is 6.42. The molecule has 0 aromatic carbocycles. The molecule has 6 heteroatoms. The van der Waals surface area contributed by atoms with Crippen LogP contribution in [0.5, 0.6) is 5.75 Å². The molecule has 1 aromatic heterocycles. The fourth-order valence-electron chi connectivity index (χ4n) is 2.37. The first kappa shape index (κ1) is 19.4. The molecule has 0 fully saturated rings. The molecule has 126 valence electrons. The fourth-order valence-corrected chi connectivity index (χ4v) is 2.91. The molecule has 0 aliphatic rings. The van der Waals surface area contributed by atoms with Crippen LogP contribution in [0.15, 0.2) is 12.3 Å². The average molecular weight is 347 g/mol. The highest BCUT2D eigenvalue weighted by Crippen LogP contribution is 2.37. The summed E-state index contributed by atoms with van der Waals surface area (Å²) in [5.41, 5.74) is 1.11. The maximum absolute atomic E-state index is 11.8. The first-order valence-electron chi connectivity index (χ1n) is 7.32. The van der Waals surface area contributed by atoms with Gasteiger partial charge in [0, 0.05) is 6.20 Å². The predicted molar refractivity (Wildman–Crippen MR) is 93.5 cm³/mol. The maximum Gasteiger partial charge on any atom is 0.171 e. The molecule has 0 aliphatic carbocycles. The van der Waals surface area contributed by atoms with Gasteiger partial charge in [0.15, 0.2) is 10.9 Å². The van der Waals surface area contributed by atoms with Crippen LogP contribution in [0, 0.1) is 11.3 Å². The Balaban J connectivity index is 3.03. The van der Waals surface area contributed by atoms with Gasteiger partial charge in [0.25, 0.3) is 0 Å². The number of nitrogens with zero attached hydrogens (tertiary/aromatic N) is 1. The third-order valence-electron chi connectivity index (χ3n) is 4.07. The van der Waals surface area contributed by atoms with Crippen LogP contribution in [-0.2, 0) is 17.4 Å². The summed E-state index contributed by atoms with van der Waals surface area (Å²) < 4.78 is 16.6. The second kappa shape index (κ2) is 7.28. The Labute approximate surface area is 141 Å². The largest absolute Gasteiger partial charge is 0.494 e. The van der Waals surface area contributed by atoms with E-state index in [1.54, 1.807) is 13.3 Å². The van der Waals surface area contributed by atoms with Crippen molar-refractivity contribution < 1.29 is 8.95 Å². The zero-order chi connectivity index (χ0) is 17.1. The lowest BCUT2D eigenvalue weighted by atomic mass is 9.73. The minimum Gasteiger partial charge on any atom is -0.494 e. The number of pyridine rings is 1. The lowest BCUT2D eigenvalue weighted by Crippen LogP contribution is -2.38. The van der Waals surface area contributed by atoms with Gasteiger partial charge < -0.3 is 4.74 Å². The zero-order valence-electron chi connectivity index (χ0n) is 14.3. The van der Waals surface area contributed by atoms with Crippen LogP contribution < -0.4 is 9.88 Å². The number of aromatic nitrogens is 1. The number of rotatable bonds is 6. The number of ether oxygens (including phenoxy) is 1. The van der Waals surface area contributed by atoms with Crippen molar-refractivity contribution in [2.24, 2.45) is 16.5 Å². The van der Waals surface area contributed by atoms with Gasteiger partial charge in [-0.05, 0) is 49.7 Å². The molecule has 0 saturated heterocycles. The molecule has 4 nitrogen and oxygen atoms in total. The van der Waals surface area contributed by atoms with Crippen LogP contribution in [0.25, 0.3) is 0 Å². The molecular formula is C16H27ClN2O2S. The molecule has 0 bridgehead atoms. The summed E-state index contributed by atoms with van der Waals surface area (Å²) in [6, 6.07) is 1.92. The standard InChI is InChI=1S/C16H27ClN2O2S/c1-15(2,3)12(9-16(4,5)22(18)20)7-11-8-13(21-6)14(17)19-10-11/h8,10,12H,7,9,18H2,1-6H3/t12-,22?/m0/s1. The van der Waals surface area contributed by atoms with Crippen molar-refractivity contribution in [3.8, 4) is 5.75 Å². The Morgan fingerprint density at radius 2 is 1.95 bits per heavy atom. The highest BCUT2D eigenvalue weighted by Gasteiger charge is 2.34. The average Bonchev–Trinajstić information content (AvgIpc) is 2.38. The van der Waals surface area contributed by atoms with Crippen LogP contribution >= 0.6 is 11.6 Å². The Bertz CT molecular complexity index is 541.